The van der Waals surface area contributed by atoms with E-state index in [0.29, 0.717) is 29.6 Å². The van der Waals surface area contributed by atoms with Crippen LogP contribution in [0.15, 0.2) is 72.8 Å². The molecule has 0 atom stereocenters. The van der Waals surface area contributed by atoms with Crippen molar-refractivity contribution in [2.75, 3.05) is 19.0 Å². The Morgan fingerprint density at radius 2 is 1.77 bits per heavy atom. The highest BCUT2D eigenvalue weighted by Crippen LogP contribution is 2.32. The first-order chi connectivity index (χ1) is 16.9. The van der Waals surface area contributed by atoms with Crippen molar-refractivity contribution in [2.45, 2.75) is 6.42 Å². The molecule has 0 radical (unpaired) electrons. The molecule has 178 valence electrons. The van der Waals surface area contributed by atoms with Gasteiger partial charge in [-0.25, -0.2) is 9.37 Å². The number of halogens is 1. The Bertz CT molecular complexity index is 1380. The van der Waals surface area contributed by atoms with E-state index in [0.717, 1.165) is 11.6 Å². The topological polar surface area (TPSA) is 110 Å². The Kier molecular flexibility index (Phi) is 7.06. The minimum absolute atomic E-state index is 0.0833. The Labute approximate surface area is 200 Å². The largest absolute Gasteiger partial charge is 0.504 e. The zero-order valence-electron chi connectivity index (χ0n) is 18.7. The molecule has 1 heterocycles. The average Bonchev–Trinajstić information content (AvgIpc) is 2.85. The number of hydrogen-bond acceptors (Lipinski definition) is 6. The smallest absolute Gasteiger partial charge is 0.313 e. The predicted molar refractivity (Wildman–Crippen MR) is 128 cm³/mol. The number of carbonyl (C=O) groups is 2. The number of anilines is 1. The van der Waals surface area contributed by atoms with Gasteiger partial charge in [0.2, 0.25) is 5.88 Å². The van der Waals surface area contributed by atoms with Gasteiger partial charge in [-0.15, -0.1) is 0 Å². The molecule has 0 saturated heterocycles. The van der Waals surface area contributed by atoms with Crippen LogP contribution in [0.2, 0.25) is 0 Å². The average molecular weight is 475 g/mol. The van der Waals surface area contributed by atoms with Crippen molar-refractivity contribution in [1.29, 1.82) is 0 Å². The van der Waals surface area contributed by atoms with Crippen molar-refractivity contribution in [1.82, 2.24) is 10.3 Å². The summed E-state index contributed by atoms with van der Waals surface area (Å²) in [4.78, 5) is 28.4. The van der Waals surface area contributed by atoms with Crippen LogP contribution in [0.3, 0.4) is 0 Å². The van der Waals surface area contributed by atoms with Gasteiger partial charge in [0.1, 0.15) is 0 Å². The molecule has 4 rings (SSSR count). The molecule has 0 spiro atoms. The molecule has 0 bridgehead atoms. The van der Waals surface area contributed by atoms with Gasteiger partial charge in [-0.1, -0.05) is 30.3 Å². The van der Waals surface area contributed by atoms with E-state index in [-0.39, 0.29) is 23.1 Å². The highest BCUT2D eigenvalue weighted by molar-refractivity contribution is 6.39. The fourth-order valence-corrected chi connectivity index (χ4v) is 3.35. The zero-order chi connectivity index (χ0) is 24.8. The second-order valence-electron chi connectivity index (χ2n) is 7.56. The van der Waals surface area contributed by atoms with Crippen molar-refractivity contribution >= 4 is 28.4 Å². The molecule has 2 amide bonds. The van der Waals surface area contributed by atoms with Crippen LogP contribution in [-0.2, 0) is 16.0 Å². The van der Waals surface area contributed by atoms with E-state index in [9.17, 15) is 19.1 Å². The summed E-state index contributed by atoms with van der Waals surface area (Å²) in [5, 5.41) is 15.5. The Hall–Kier alpha value is -4.66. The van der Waals surface area contributed by atoms with E-state index in [4.69, 9.17) is 9.47 Å². The summed E-state index contributed by atoms with van der Waals surface area (Å²) in [7, 11) is 1.44. The summed E-state index contributed by atoms with van der Waals surface area (Å²) < 4.78 is 25.2. The Balaban J connectivity index is 1.36. The number of ether oxygens (including phenoxy) is 2. The van der Waals surface area contributed by atoms with Gasteiger partial charge in [0.15, 0.2) is 23.1 Å². The number of rotatable bonds is 7. The molecule has 3 N–H and O–H groups in total. The van der Waals surface area contributed by atoms with Gasteiger partial charge in [-0.05, 0) is 36.2 Å². The SMILES string of the molecule is COc1cc2ccc(Oc3ccc(NC(=O)C(=O)NCCc4ccccc4)cc3F)nc2cc1O. The molecule has 0 aliphatic rings. The number of nitrogens with one attached hydrogen (secondary N) is 2. The summed E-state index contributed by atoms with van der Waals surface area (Å²) in [5.74, 6) is -2.27. The number of phenols is 1. The van der Waals surface area contributed by atoms with E-state index < -0.39 is 17.6 Å². The normalized spacial score (nSPS) is 10.6. The number of methoxy groups -OCH3 is 1. The lowest BCUT2D eigenvalue weighted by Gasteiger charge is -2.10. The highest BCUT2D eigenvalue weighted by atomic mass is 19.1. The van der Waals surface area contributed by atoms with Crippen LogP contribution in [0, 0.1) is 5.82 Å². The Morgan fingerprint density at radius 3 is 2.51 bits per heavy atom. The number of benzene rings is 3. The molecule has 0 saturated carbocycles. The fourth-order valence-electron chi connectivity index (χ4n) is 3.35. The number of aromatic nitrogens is 1. The molecule has 0 unspecified atom stereocenters. The van der Waals surface area contributed by atoms with Gasteiger partial charge in [0, 0.05) is 35.8 Å². The third-order valence-electron chi connectivity index (χ3n) is 5.12. The molecule has 0 aliphatic carbocycles. The van der Waals surface area contributed by atoms with Crippen molar-refractivity contribution in [3.63, 3.8) is 0 Å². The highest BCUT2D eigenvalue weighted by Gasteiger charge is 2.15. The summed E-state index contributed by atoms with van der Waals surface area (Å²) >= 11 is 0. The first-order valence-corrected chi connectivity index (χ1v) is 10.7. The number of hydrogen-bond donors (Lipinski definition) is 3. The number of fused-ring (bicyclic) bond motifs is 1. The van der Waals surface area contributed by atoms with Crippen LogP contribution in [0.4, 0.5) is 10.1 Å². The monoisotopic (exact) mass is 475 g/mol. The van der Waals surface area contributed by atoms with E-state index >= 15 is 0 Å². The molecule has 35 heavy (non-hydrogen) atoms. The number of nitrogens with zero attached hydrogens (tertiary/aromatic N) is 1. The van der Waals surface area contributed by atoms with Crippen molar-refractivity contribution in [3.8, 4) is 23.1 Å². The lowest BCUT2D eigenvalue weighted by molar-refractivity contribution is -0.136. The number of aromatic hydroxyl groups is 1. The van der Waals surface area contributed by atoms with Gasteiger partial charge in [-0.3, -0.25) is 9.59 Å². The molecule has 1 aromatic heterocycles. The van der Waals surface area contributed by atoms with Gasteiger partial charge >= 0.3 is 11.8 Å². The lowest BCUT2D eigenvalue weighted by atomic mass is 10.1. The number of amides is 2. The molecule has 0 aliphatic heterocycles. The van der Waals surface area contributed by atoms with Gasteiger partial charge in [-0.2, -0.15) is 0 Å². The molecule has 3 aromatic carbocycles. The predicted octanol–water partition coefficient (Wildman–Crippen LogP) is 4.18. The summed E-state index contributed by atoms with van der Waals surface area (Å²) in [6.07, 6.45) is 0.580. The third-order valence-corrected chi connectivity index (χ3v) is 5.12. The maximum Gasteiger partial charge on any atom is 0.313 e. The summed E-state index contributed by atoms with van der Waals surface area (Å²) in [5.41, 5.74) is 1.56. The van der Waals surface area contributed by atoms with Crippen LogP contribution in [0.25, 0.3) is 10.9 Å². The maximum atomic E-state index is 14.6. The maximum absolute atomic E-state index is 14.6. The van der Waals surface area contributed by atoms with Crippen molar-refractivity contribution < 1.29 is 28.6 Å². The molecule has 8 nitrogen and oxygen atoms in total. The van der Waals surface area contributed by atoms with E-state index in [1.807, 2.05) is 30.3 Å². The molecule has 0 fully saturated rings. The molecule has 9 heteroatoms. The Morgan fingerprint density at radius 1 is 0.971 bits per heavy atom. The first kappa shape index (κ1) is 23.5. The lowest BCUT2D eigenvalue weighted by Crippen LogP contribution is -2.36. The van der Waals surface area contributed by atoms with E-state index in [1.165, 1.54) is 25.3 Å². The van der Waals surface area contributed by atoms with Gasteiger partial charge in [0.25, 0.3) is 0 Å². The van der Waals surface area contributed by atoms with E-state index in [2.05, 4.69) is 15.6 Å². The van der Waals surface area contributed by atoms with E-state index in [1.54, 1.807) is 18.2 Å². The van der Waals surface area contributed by atoms with Crippen LogP contribution >= 0.6 is 0 Å². The van der Waals surface area contributed by atoms with Gasteiger partial charge < -0.3 is 25.2 Å². The standard InChI is InChI=1S/C26H22FN3O5/c1-34-23-13-17-7-10-24(30-20(17)15-21(23)31)35-22-9-8-18(14-19(22)27)29-26(33)25(32)28-12-11-16-5-3-2-4-6-16/h2-10,13-15,31H,11-12H2,1H3,(H,28,32)(H,29,33). The first-order valence-electron chi connectivity index (χ1n) is 10.7. The minimum atomic E-state index is -0.905. The minimum Gasteiger partial charge on any atom is -0.504 e. The second-order valence-corrected chi connectivity index (χ2v) is 7.56. The molecule has 4 aromatic rings. The summed E-state index contributed by atoms with van der Waals surface area (Å²) in [6, 6.07) is 19.6. The summed E-state index contributed by atoms with van der Waals surface area (Å²) in [6.45, 7) is 0.292. The van der Waals surface area contributed by atoms with Crippen molar-refractivity contribution in [3.05, 3.63) is 84.2 Å². The number of phenolic OH excluding ortho intramolecular Hbond substituents is 1. The van der Waals surface area contributed by atoms with Crippen molar-refractivity contribution in [2.24, 2.45) is 0 Å². The van der Waals surface area contributed by atoms with Crippen LogP contribution in [0.1, 0.15) is 5.56 Å². The third kappa shape index (κ3) is 5.83. The number of pyridine rings is 1. The van der Waals surface area contributed by atoms with Crippen LogP contribution < -0.4 is 20.1 Å². The van der Waals surface area contributed by atoms with Crippen LogP contribution in [-0.4, -0.2) is 35.6 Å². The molecular formula is C26H22FN3O5. The number of carbonyl (C=O) groups excluding carboxylic acids is 2. The zero-order valence-corrected chi connectivity index (χ0v) is 18.7. The quantitative estimate of drug-likeness (QED) is 0.346. The second kappa shape index (κ2) is 10.5. The molecular weight excluding hydrogens is 453 g/mol. The van der Waals surface area contributed by atoms with Crippen LogP contribution in [0.5, 0.6) is 23.1 Å². The van der Waals surface area contributed by atoms with Gasteiger partial charge in [0.05, 0.1) is 12.6 Å². The fraction of sp³-hybridized carbons (Fsp3) is 0.115.